The molecule has 0 aliphatic carbocycles. The normalized spacial score (nSPS) is 10.4. The lowest BCUT2D eigenvalue weighted by atomic mass is 10.1. The molecule has 0 amide bonds. The Morgan fingerprint density at radius 3 is 2.60 bits per heavy atom. The smallest absolute Gasteiger partial charge is 0.244 e. The lowest BCUT2D eigenvalue weighted by molar-refractivity contribution is 0.326. The molecule has 0 radical (unpaired) electrons. The van der Waals surface area contributed by atoms with Gasteiger partial charge in [-0.15, -0.1) is 10.2 Å². The molecular weight excluding hydrogens is 254 g/mol. The number of benzene rings is 1. The van der Waals surface area contributed by atoms with Gasteiger partial charge < -0.3 is 9.15 Å². The van der Waals surface area contributed by atoms with Gasteiger partial charge in [0.2, 0.25) is 11.7 Å². The molecule has 0 N–H and O–H groups in total. The van der Waals surface area contributed by atoms with Crippen LogP contribution in [0.3, 0.4) is 0 Å². The molecule has 0 aliphatic heterocycles. The fraction of sp³-hybridized carbons (Fsp3) is 0.133. The Morgan fingerprint density at radius 1 is 1.05 bits per heavy atom. The van der Waals surface area contributed by atoms with E-state index < -0.39 is 0 Å². The fourth-order valence-electron chi connectivity index (χ4n) is 1.84. The monoisotopic (exact) mass is 267 g/mol. The van der Waals surface area contributed by atoms with E-state index in [0.29, 0.717) is 29.8 Å². The van der Waals surface area contributed by atoms with Gasteiger partial charge in [0.05, 0.1) is 12.9 Å². The van der Waals surface area contributed by atoms with Crippen molar-refractivity contribution in [2.24, 2.45) is 0 Å². The molecule has 2 heterocycles. The second-order valence-corrected chi connectivity index (χ2v) is 4.07. The molecule has 0 bridgehead atoms. The molecule has 0 spiro atoms. The molecule has 2 aromatic heterocycles. The van der Waals surface area contributed by atoms with Crippen LogP contribution in [-0.4, -0.2) is 21.8 Å². The molecule has 20 heavy (non-hydrogen) atoms. The Kier molecular flexibility index (Phi) is 3.41. The van der Waals surface area contributed by atoms with Crippen molar-refractivity contribution in [1.82, 2.24) is 15.2 Å². The summed E-state index contributed by atoms with van der Waals surface area (Å²) in [5, 5.41) is 8.33. The van der Waals surface area contributed by atoms with Crippen LogP contribution in [0.4, 0.5) is 0 Å². The molecule has 0 fully saturated rings. The van der Waals surface area contributed by atoms with Crippen LogP contribution in [-0.2, 0) is 0 Å². The Bertz CT molecular complexity index is 682. The highest BCUT2D eigenvalue weighted by Crippen LogP contribution is 2.27. The molecule has 0 aliphatic rings. The topological polar surface area (TPSA) is 61.0 Å². The van der Waals surface area contributed by atoms with Gasteiger partial charge in [0.15, 0.2) is 11.5 Å². The maximum absolute atomic E-state index is 5.57. The van der Waals surface area contributed by atoms with Gasteiger partial charge in [-0.25, -0.2) is 0 Å². The van der Waals surface area contributed by atoms with E-state index in [-0.39, 0.29) is 0 Å². The number of rotatable bonds is 4. The summed E-state index contributed by atoms with van der Waals surface area (Å²) < 4.78 is 10.9. The van der Waals surface area contributed by atoms with Crippen LogP contribution < -0.4 is 4.74 Å². The number of hydrogen-bond acceptors (Lipinski definition) is 5. The summed E-state index contributed by atoms with van der Waals surface area (Å²) in [6.07, 6.45) is 1.57. The van der Waals surface area contributed by atoms with E-state index in [0.717, 1.165) is 5.56 Å². The first-order valence-electron chi connectivity index (χ1n) is 6.35. The minimum atomic E-state index is 0.415. The summed E-state index contributed by atoms with van der Waals surface area (Å²) in [5.74, 6) is 1.44. The minimum Gasteiger partial charge on any atom is -0.476 e. The maximum Gasteiger partial charge on any atom is 0.244 e. The van der Waals surface area contributed by atoms with Crippen LogP contribution in [0.5, 0.6) is 5.88 Å². The molecule has 5 heteroatoms. The summed E-state index contributed by atoms with van der Waals surface area (Å²) in [5.41, 5.74) is 1.55. The van der Waals surface area contributed by atoms with E-state index in [1.54, 1.807) is 18.4 Å². The Labute approximate surface area is 116 Å². The summed E-state index contributed by atoms with van der Waals surface area (Å²) >= 11 is 0. The van der Waals surface area contributed by atoms with Crippen molar-refractivity contribution in [2.45, 2.75) is 6.92 Å². The van der Waals surface area contributed by atoms with E-state index in [1.807, 2.05) is 37.3 Å². The van der Waals surface area contributed by atoms with Crippen LogP contribution in [0.2, 0.25) is 0 Å². The van der Waals surface area contributed by atoms with Crippen molar-refractivity contribution < 1.29 is 9.15 Å². The fourth-order valence-corrected chi connectivity index (χ4v) is 1.84. The molecule has 100 valence electrons. The van der Waals surface area contributed by atoms with E-state index in [9.17, 15) is 0 Å². The first-order valence-corrected chi connectivity index (χ1v) is 6.35. The molecule has 0 atom stereocenters. The van der Waals surface area contributed by atoms with Crippen molar-refractivity contribution in [2.75, 3.05) is 6.61 Å². The van der Waals surface area contributed by atoms with Crippen LogP contribution in [0.15, 0.2) is 53.1 Å². The standard InChI is InChI=1S/C15H13N3O2/c1-2-19-15-13(11-7-4-3-5-8-11)17-18-14(16-15)12-9-6-10-20-12/h3-10H,2H2,1H3. The Morgan fingerprint density at radius 2 is 1.90 bits per heavy atom. The van der Waals surface area contributed by atoms with Crippen molar-refractivity contribution in [3.8, 4) is 28.7 Å². The highest BCUT2D eigenvalue weighted by molar-refractivity contribution is 5.64. The quantitative estimate of drug-likeness (QED) is 0.726. The molecule has 3 rings (SSSR count). The lowest BCUT2D eigenvalue weighted by Crippen LogP contribution is -2.02. The summed E-state index contributed by atoms with van der Waals surface area (Å²) in [4.78, 5) is 4.39. The molecule has 0 saturated carbocycles. The predicted octanol–water partition coefficient (Wildman–Crippen LogP) is 3.20. The average Bonchev–Trinajstić information content (AvgIpc) is 3.03. The van der Waals surface area contributed by atoms with Crippen LogP contribution >= 0.6 is 0 Å². The van der Waals surface area contributed by atoms with Crippen molar-refractivity contribution in [3.05, 3.63) is 48.7 Å². The number of furan rings is 1. The van der Waals surface area contributed by atoms with Gasteiger partial charge >= 0.3 is 0 Å². The van der Waals surface area contributed by atoms with E-state index in [2.05, 4.69) is 15.2 Å². The van der Waals surface area contributed by atoms with Gasteiger partial charge in [-0.2, -0.15) is 4.98 Å². The highest BCUT2D eigenvalue weighted by Gasteiger charge is 2.14. The summed E-state index contributed by atoms with van der Waals surface area (Å²) in [6, 6.07) is 13.3. The molecular formula is C15H13N3O2. The zero-order chi connectivity index (χ0) is 13.8. The summed E-state index contributed by atoms with van der Waals surface area (Å²) in [6.45, 7) is 2.42. The van der Waals surface area contributed by atoms with E-state index in [1.165, 1.54) is 0 Å². The van der Waals surface area contributed by atoms with Gasteiger partial charge in [0.1, 0.15) is 0 Å². The average molecular weight is 267 g/mol. The van der Waals surface area contributed by atoms with Gasteiger partial charge in [-0.3, -0.25) is 0 Å². The summed E-state index contributed by atoms with van der Waals surface area (Å²) in [7, 11) is 0. The van der Waals surface area contributed by atoms with Crippen LogP contribution in [0.1, 0.15) is 6.92 Å². The highest BCUT2D eigenvalue weighted by atomic mass is 16.5. The van der Waals surface area contributed by atoms with Crippen LogP contribution in [0, 0.1) is 0 Å². The molecule has 0 saturated heterocycles. The largest absolute Gasteiger partial charge is 0.476 e. The zero-order valence-corrected chi connectivity index (χ0v) is 11.0. The Balaban J connectivity index is 2.07. The van der Waals surface area contributed by atoms with Gasteiger partial charge in [-0.05, 0) is 19.1 Å². The first kappa shape index (κ1) is 12.3. The minimum absolute atomic E-state index is 0.415. The van der Waals surface area contributed by atoms with Crippen molar-refractivity contribution in [1.29, 1.82) is 0 Å². The van der Waals surface area contributed by atoms with Crippen molar-refractivity contribution in [3.63, 3.8) is 0 Å². The third-order valence-electron chi connectivity index (χ3n) is 2.72. The van der Waals surface area contributed by atoms with Gasteiger partial charge in [-0.1, -0.05) is 30.3 Å². The molecule has 5 nitrogen and oxygen atoms in total. The third kappa shape index (κ3) is 2.38. The second-order valence-electron chi connectivity index (χ2n) is 4.07. The molecule has 1 aromatic carbocycles. The van der Waals surface area contributed by atoms with E-state index in [4.69, 9.17) is 9.15 Å². The number of ether oxygens (including phenoxy) is 1. The Hall–Kier alpha value is -2.69. The first-order chi connectivity index (χ1) is 9.88. The lowest BCUT2D eigenvalue weighted by Gasteiger charge is -2.08. The predicted molar refractivity (Wildman–Crippen MR) is 74.1 cm³/mol. The second kappa shape index (κ2) is 5.52. The maximum atomic E-state index is 5.57. The third-order valence-corrected chi connectivity index (χ3v) is 2.72. The number of aromatic nitrogens is 3. The van der Waals surface area contributed by atoms with Gasteiger partial charge in [0, 0.05) is 5.56 Å². The molecule has 0 unspecified atom stereocenters. The SMILES string of the molecule is CCOc1nc(-c2ccco2)nnc1-c1ccccc1. The number of nitrogens with zero attached hydrogens (tertiary/aromatic N) is 3. The van der Waals surface area contributed by atoms with E-state index >= 15 is 0 Å². The molecule has 3 aromatic rings. The zero-order valence-electron chi connectivity index (χ0n) is 11.0. The van der Waals surface area contributed by atoms with Crippen molar-refractivity contribution >= 4 is 0 Å². The van der Waals surface area contributed by atoms with Gasteiger partial charge in [0.25, 0.3) is 0 Å². The number of hydrogen-bond donors (Lipinski definition) is 0. The van der Waals surface area contributed by atoms with Crippen LogP contribution in [0.25, 0.3) is 22.8 Å².